The first-order valence-corrected chi connectivity index (χ1v) is 6.28. The number of thiophene rings is 1. The van der Waals surface area contributed by atoms with Crippen molar-refractivity contribution in [2.75, 3.05) is 0 Å². The first kappa shape index (κ1) is 9.69. The molecule has 0 spiro atoms. The maximum Gasteiger partial charge on any atom is 0.0572 e. The molecule has 72 valence electrons. The maximum absolute atomic E-state index is 9.65. The third-order valence-corrected chi connectivity index (χ3v) is 5.00. The Hall–Kier alpha value is 0.140. The van der Waals surface area contributed by atoms with Crippen molar-refractivity contribution in [2.24, 2.45) is 5.92 Å². The molecule has 1 aromatic rings. The lowest BCUT2D eigenvalue weighted by atomic mass is 9.95. The first-order valence-electron chi connectivity index (χ1n) is 4.61. The molecule has 3 unspecified atom stereocenters. The summed E-state index contributed by atoms with van der Waals surface area (Å²) in [7, 11) is 0. The summed E-state index contributed by atoms with van der Waals surface area (Å²) < 4.78 is 1.21. The zero-order valence-electron chi connectivity index (χ0n) is 7.53. The Morgan fingerprint density at radius 2 is 2.31 bits per heavy atom. The summed E-state index contributed by atoms with van der Waals surface area (Å²) in [5, 5.41) is 11.8. The predicted molar refractivity (Wildman–Crippen MR) is 59.2 cm³/mol. The van der Waals surface area contributed by atoms with E-state index in [0.29, 0.717) is 11.8 Å². The van der Waals surface area contributed by atoms with Crippen molar-refractivity contribution in [3.63, 3.8) is 0 Å². The molecular weight excluding hydrogens is 248 g/mol. The maximum atomic E-state index is 9.65. The minimum Gasteiger partial charge on any atom is -0.393 e. The largest absolute Gasteiger partial charge is 0.393 e. The SMILES string of the molecule is CC1C(O)CCC1c1sccc1Br. The van der Waals surface area contributed by atoms with E-state index >= 15 is 0 Å². The summed E-state index contributed by atoms with van der Waals surface area (Å²) in [4.78, 5) is 1.41. The van der Waals surface area contributed by atoms with Crippen LogP contribution < -0.4 is 0 Å². The average molecular weight is 261 g/mol. The predicted octanol–water partition coefficient (Wildman–Crippen LogP) is 3.39. The van der Waals surface area contributed by atoms with Crippen LogP contribution in [0.3, 0.4) is 0 Å². The summed E-state index contributed by atoms with van der Waals surface area (Å²) in [5.74, 6) is 0.972. The van der Waals surface area contributed by atoms with Crippen molar-refractivity contribution in [2.45, 2.75) is 31.8 Å². The highest BCUT2D eigenvalue weighted by atomic mass is 79.9. The lowest BCUT2D eigenvalue weighted by molar-refractivity contribution is 0.137. The van der Waals surface area contributed by atoms with Crippen LogP contribution in [0.15, 0.2) is 15.9 Å². The van der Waals surface area contributed by atoms with E-state index in [-0.39, 0.29) is 6.10 Å². The van der Waals surface area contributed by atoms with Crippen LogP contribution in [-0.4, -0.2) is 11.2 Å². The third-order valence-electron chi connectivity index (χ3n) is 3.00. The molecule has 0 aliphatic heterocycles. The smallest absolute Gasteiger partial charge is 0.0572 e. The molecule has 1 nitrogen and oxygen atoms in total. The van der Waals surface area contributed by atoms with E-state index in [1.54, 1.807) is 11.3 Å². The summed E-state index contributed by atoms with van der Waals surface area (Å²) in [6.45, 7) is 2.15. The van der Waals surface area contributed by atoms with Crippen molar-refractivity contribution in [3.8, 4) is 0 Å². The molecule has 0 amide bonds. The van der Waals surface area contributed by atoms with Gasteiger partial charge in [-0.1, -0.05) is 6.92 Å². The molecule has 0 saturated heterocycles. The summed E-state index contributed by atoms with van der Waals surface area (Å²) in [5.41, 5.74) is 0. The molecule has 1 fully saturated rings. The number of halogens is 1. The van der Waals surface area contributed by atoms with Crippen LogP contribution in [0.25, 0.3) is 0 Å². The summed E-state index contributed by atoms with van der Waals surface area (Å²) in [6.07, 6.45) is 1.98. The Bertz CT molecular complexity index is 297. The van der Waals surface area contributed by atoms with Crippen molar-refractivity contribution in [1.82, 2.24) is 0 Å². The van der Waals surface area contributed by atoms with Crippen molar-refractivity contribution >= 4 is 27.3 Å². The highest BCUT2D eigenvalue weighted by Crippen LogP contribution is 2.44. The zero-order chi connectivity index (χ0) is 9.42. The molecule has 1 aliphatic rings. The van der Waals surface area contributed by atoms with Gasteiger partial charge in [0.2, 0.25) is 0 Å². The molecule has 3 atom stereocenters. The number of hydrogen-bond donors (Lipinski definition) is 1. The minimum absolute atomic E-state index is 0.0981. The molecule has 3 heteroatoms. The van der Waals surface area contributed by atoms with E-state index < -0.39 is 0 Å². The van der Waals surface area contributed by atoms with Gasteiger partial charge in [0.15, 0.2) is 0 Å². The molecule has 0 aromatic carbocycles. The lowest BCUT2D eigenvalue weighted by Gasteiger charge is -2.16. The molecule has 0 radical (unpaired) electrons. The van der Waals surface area contributed by atoms with E-state index in [2.05, 4.69) is 34.3 Å². The van der Waals surface area contributed by atoms with Crippen LogP contribution >= 0.6 is 27.3 Å². The van der Waals surface area contributed by atoms with Crippen LogP contribution in [0.4, 0.5) is 0 Å². The van der Waals surface area contributed by atoms with Gasteiger partial charge in [-0.3, -0.25) is 0 Å². The van der Waals surface area contributed by atoms with Crippen molar-refractivity contribution < 1.29 is 5.11 Å². The van der Waals surface area contributed by atoms with Gasteiger partial charge in [0.05, 0.1) is 6.10 Å². The third kappa shape index (κ3) is 1.69. The molecule has 0 bridgehead atoms. The molecule has 1 saturated carbocycles. The minimum atomic E-state index is -0.0981. The van der Waals surface area contributed by atoms with Gasteiger partial charge in [-0.15, -0.1) is 11.3 Å². The van der Waals surface area contributed by atoms with E-state index in [1.807, 2.05) is 0 Å². The monoisotopic (exact) mass is 260 g/mol. The quantitative estimate of drug-likeness (QED) is 0.821. The second kappa shape index (κ2) is 3.71. The number of rotatable bonds is 1. The van der Waals surface area contributed by atoms with Gasteiger partial charge < -0.3 is 5.11 Å². The molecule has 1 aliphatic carbocycles. The van der Waals surface area contributed by atoms with E-state index in [1.165, 1.54) is 9.35 Å². The van der Waals surface area contributed by atoms with Gasteiger partial charge in [0.25, 0.3) is 0 Å². The van der Waals surface area contributed by atoms with Gasteiger partial charge in [-0.25, -0.2) is 0 Å². The van der Waals surface area contributed by atoms with Crippen molar-refractivity contribution in [3.05, 3.63) is 20.8 Å². The molecule has 2 rings (SSSR count). The Morgan fingerprint density at radius 3 is 2.77 bits per heavy atom. The van der Waals surface area contributed by atoms with E-state index in [9.17, 15) is 5.11 Å². The second-order valence-electron chi connectivity index (χ2n) is 3.74. The fraction of sp³-hybridized carbons (Fsp3) is 0.600. The van der Waals surface area contributed by atoms with Crippen molar-refractivity contribution in [1.29, 1.82) is 0 Å². The molecule has 1 N–H and O–H groups in total. The Balaban J connectivity index is 2.23. The Kier molecular flexibility index (Phi) is 2.77. The fourth-order valence-corrected chi connectivity index (χ4v) is 4.00. The van der Waals surface area contributed by atoms with E-state index in [0.717, 1.165) is 12.8 Å². The second-order valence-corrected chi connectivity index (χ2v) is 5.55. The highest BCUT2D eigenvalue weighted by molar-refractivity contribution is 9.10. The molecule has 1 heterocycles. The molecular formula is C10H13BrOS. The first-order chi connectivity index (χ1) is 6.20. The zero-order valence-corrected chi connectivity index (χ0v) is 9.94. The fourth-order valence-electron chi connectivity index (χ4n) is 2.08. The number of aliphatic hydroxyl groups is 1. The standard InChI is InChI=1S/C10H13BrOS/c1-6-7(2-3-9(6)12)10-8(11)4-5-13-10/h4-7,9,12H,2-3H2,1H3. The van der Waals surface area contributed by atoms with Gasteiger partial charge in [0, 0.05) is 9.35 Å². The van der Waals surface area contributed by atoms with Crippen LogP contribution in [-0.2, 0) is 0 Å². The number of hydrogen-bond acceptors (Lipinski definition) is 2. The van der Waals surface area contributed by atoms with Gasteiger partial charge in [0.1, 0.15) is 0 Å². The number of aliphatic hydroxyl groups excluding tert-OH is 1. The average Bonchev–Trinajstić information content (AvgIpc) is 2.62. The lowest BCUT2D eigenvalue weighted by Crippen LogP contribution is -2.13. The van der Waals surface area contributed by atoms with Gasteiger partial charge in [-0.2, -0.15) is 0 Å². The molecule has 1 aromatic heterocycles. The van der Waals surface area contributed by atoms with Crippen LogP contribution in [0, 0.1) is 5.92 Å². The van der Waals surface area contributed by atoms with Gasteiger partial charge >= 0.3 is 0 Å². The van der Waals surface area contributed by atoms with Crippen LogP contribution in [0.2, 0.25) is 0 Å². The summed E-state index contributed by atoms with van der Waals surface area (Å²) >= 11 is 5.35. The Labute approximate surface area is 90.9 Å². The Morgan fingerprint density at radius 1 is 1.54 bits per heavy atom. The topological polar surface area (TPSA) is 20.2 Å². The molecule has 13 heavy (non-hydrogen) atoms. The van der Waals surface area contributed by atoms with Crippen LogP contribution in [0.5, 0.6) is 0 Å². The van der Waals surface area contributed by atoms with Crippen LogP contribution in [0.1, 0.15) is 30.6 Å². The highest BCUT2D eigenvalue weighted by Gasteiger charge is 2.33. The summed E-state index contributed by atoms with van der Waals surface area (Å²) in [6, 6.07) is 2.09. The van der Waals surface area contributed by atoms with E-state index in [4.69, 9.17) is 0 Å². The van der Waals surface area contributed by atoms with Gasteiger partial charge in [-0.05, 0) is 52.1 Å². The normalized spacial score (nSPS) is 33.9.